The van der Waals surface area contributed by atoms with Crippen molar-refractivity contribution in [3.8, 4) is 0 Å². The van der Waals surface area contributed by atoms with E-state index in [1.54, 1.807) is 0 Å². The normalized spacial score (nSPS) is 31.1. The Balaban J connectivity index is 1.36. The van der Waals surface area contributed by atoms with Gasteiger partial charge in [-0.05, 0) is 42.2 Å². The van der Waals surface area contributed by atoms with Crippen molar-refractivity contribution < 1.29 is 4.79 Å². The van der Waals surface area contributed by atoms with Crippen molar-refractivity contribution in [2.24, 2.45) is 17.6 Å². The molecular weight excluding hydrogens is 274 g/mol. The lowest BCUT2D eigenvalue weighted by Crippen LogP contribution is -2.42. The molecule has 2 N–H and O–H groups in total. The Kier molecular flexibility index (Phi) is 3.66. The molecule has 4 heteroatoms. The van der Waals surface area contributed by atoms with Crippen molar-refractivity contribution in [1.29, 1.82) is 0 Å². The predicted molar refractivity (Wildman–Crippen MR) is 86.2 cm³/mol. The van der Waals surface area contributed by atoms with Crippen LogP contribution in [0.5, 0.6) is 0 Å². The monoisotopic (exact) mass is 299 g/mol. The van der Waals surface area contributed by atoms with Crippen molar-refractivity contribution in [3.05, 3.63) is 35.4 Å². The van der Waals surface area contributed by atoms with E-state index < -0.39 is 0 Å². The summed E-state index contributed by atoms with van der Waals surface area (Å²) >= 11 is 0. The molecule has 1 amide bonds. The first-order valence-electron chi connectivity index (χ1n) is 8.53. The maximum atomic E-state index is 12.6. The predicted octanol–water partition coefficient (Wildman–Crippen LogP) is 1.24. The van der Waals surface area contributed by atoms with Gasteiger partial charge in [0.1, 0.15) is 0 Å². The van der Waals surface area contributed by atoms with Crippen LogP contribution in [0.3, 0.4) is 0 Å². The minimum absolute atomic E-state index is 0.281. The van der Waals surface area contributed by atoms with Crippen molar-refractivity contribution in [2.45, 2.75) is 31.8 Å². The zero-order valence-corrected chi connectivity index (χ0v) is 13.1. The Morgan fingerprint density at radius 2 is 2.00 bits per heavy atom. The molecule has 3 atom stereocenters. The smallest absolute Gasteiger partial charge is 0.237 e. The number of nitrogens with zero attached hydrogens (tertiary/aromatic N) is 2. The molecule has 0 aromatic heterocycles. The fourth-order valence-electron chi connectivity index (χ4n) is 4.53. The van der Waals surface area contributed by atoms with Gasteiger partial charge >= 0.3 is 0 Å². The summed E-state index contributed by atoms with van der Waals surface area (Å²) in [6.07, 6.45) is 3.39. The molecule has 1 aromatic rings. The van der Waals surface area contributed by atoms with Crippen molar-refractivity contribution in [3.63, 3.8) is 0 Å². The topological polar surface area (TPSA) is 49.6 Å². The molecule has 2 heterocycles. The standard InChI is InChI=1S/C18H25N3O/c19-17-6-5-15-9-20(11-16(15)17)12-18(22)21-8-7-13-3-1-2-4-14(13)10-21/h1-4,15-17H,5-12,19H2. The average Bonchev–Trinajstić information content (AvgIpc) is 3.08. The zero-order chi connectivity index (χ0) is 15.1. The van der Waals surface area contributed by atoms with Crippen LogP contribution in [0.2, 0.25) is 0 Å². The van der Waals surface area contributed by atoms with Gasteiger partial charge in [-0.1, -0.05) is 24.3 Å². The number of carbonyl (C=O) groups is 1. The molecule has 0 radical (unpaired) electrons. The van der Waals surface area contributed by atoms with E-state index in [9.17, 15) is 4.79 Å². The van der Waals surface area contributed by atoms with E-state index in [1.807, 2.05) is 4.90 Å². The molecule has 2 aliphatic heterocycles. The number of amides is 1. The van der Waals surface area contributed by atoms with Gasteiger partial charge in [0, 0.05) is 32.2 Å². The van der Waals surface area contributed by atoms with Crippen LogP contribution in [0, 0.1) is 11.8 Å². The number of nitrogens with two attached hydrogens (primary N) is 1. The lowest BCUT2D eigenvalue weighted by molar-refractivity contribution is -0.133. The third-order valence-electron chi connectivity index (χ3n) is 5.83. The number of benzene rings is 1. The number of carbonyl (C=O) groups excluding carboxylic acids is 1. The van der Waals surface area contributed by atoms with E-state index in [0.717, 1.165) is 38.5 Å². The number of likely N-dealkylation sites (tertiary alicyclic amines) is 1. The highest BCUT2D eigenvalue weighted by molar-refractivity contribution is 5.78. The van der Waals surface area contributed by atoms with Crippen LogP contribution in [-0.4, -0.2) is 47.9 Å². The summed E-state index contributed by atoms with van der Waals surface area (Å²) in [4.78, 5) is 17.0. The van der Waals surface area contributed by atoms with E-state index in [2.05, 4.69) is 29.2 Å². The summed E-state index contributed by atoms with van der Waals surface area (Å²) in [7, 11) is 0. The van der Waals surface area contributed by atoms with E-state index in [0.29, 0.717) is 18.5 Å². The second kappa shape index (κ2) is 5.67. The van der Waals surface area contributed by atoms with Crippen molar-refractivity contribution in [1.82, 2.24) is 9.80 Å². The molecule has 22 heavy (non-hydrogen) atoms. The van der Waals surface area contributed by atoms with E-state index >= 15 is 0 Å². The summed E-state index contributed by atoms with van der Waals surface area (Å²) in [6, 6.07) is 8.83. The highest BCUT2D eigenvalue weighted by atomic mass is 16.2. The number of hydrogen-bond acceptors (Lipinski definition) is 3. The minimum Gasteiger partial charge on any atom is -0.337 e. The van der Waals surface area contributed by atoms with Crippen LogP contribution in [-0.2, 0) is 17.8 Å². The Bertz CT molecular complexity index is 573. The maximum absolute atomic E-state index is 12.6. The van der Waals surface area contributed by atoms with Crippen LogP contribution in [0.25, 0.3) is 0 Å². The van der Waals surface area contributed by atoms with Gasteiger partial charge in [-0.15, -0.1) is 0 Å². The van der Waals surface area contributed by atoms with Crippen molar-refractivity contribution >= 4 is 5.91 Å². The first-order chi connectivity index (χ1) is 10.7. The van der Waals surface area contributed by atoms with Gasteiger partial charge in [-0.25, -0.2) is 0 Å². The van der Waals surface area contributed by atoms with E-state index in [-0.39, 0.29) is 5.91 Å². The Morgan fingerprint density at radius 1 is 1.18 bits per heavy atom. The Labute approximate surface area is 132 Å². The molecule has 0 bridgehead atoms. The molecule has 118 valence electrons. The summed E-state index contributed by atoms with van der Waals surface area (Å²) in [5.41, 5.74) is 8.89. The van der Waals surface area contributed by atoms with E-state index in [1.165, 1.54) is 24.0 Å². The molecule has 4 rings (SSSR count). The van der Waals surface area contributed by atoms with Gasteiger partial charge in [0.15, 0.2) is 0 Å². The van der Waals surface area contributed by atoms with Gasteiger partial charge in [0.2, 0.25) is 5.91 Å². The summed E-state index contributed by atoms with van der Waals surface area (Å²) in [5, 5.41) is 0. The first kappa shape index (κ1) is 14.2. The number of hydrogen-bond donors (Lipinski definition) is 1. The summed E-state index contributed by atoms with van der Waals surface area (Å²) in [6.45, 7) is 4.28. The number of fused-ring (bicyclic) bond motifs is 2. The molecule has 2 fully saturated rings. The maximum Gasteiger partial charge on any atom is 0.237 e. The van der Waals surface area contributed by atoms with Crippen LogP contribution >= 0.6 is 0 Å². The largest absolute Gasteiger partial charge is 0.337 e. The molecular formula is C18H25N3O. The van der Waals surface area contributed by atoms with Gasteiger partial charge in [0.25, 0.3) is 0 Å². The highest BCUT2D eigenvalue weighted by Gasteiger charge is 2.41. The van der Waals surface area contributed by atoms with Gasteiger partial charge in [-0.3, -0.25) is 9.69 Å². The summed E-state index contributed by atoms with van der Waals surface area (Å²) in [5.74, 6) is 1.63. The van der Waals surface area contributed by atoms with Crippen molar-refractivity contribution in [2.75, 3.05) is 26.2 Å². The molecule has 3 unspecified atom stereocenters. The molecule has 1 aliphatic carbocycles. The van der Waals surface area contributed by atoms with E-state index in [4.69, 9.17) is 5.73 Å². The molecule has 1 aromatic carbocycles. The van der Waals surface area contributed by atoms with Crippen LogP contribution in [0.1, 0.15) is 24.0 Å². The van der Waals surface area contributed by atoms with Gasteiger partial charge in [0.05, 0.1) is 6.54 Å². The third kappa shape index (κ3) is 2.55. The lowest BCUT2D eigenvalue weighted by atomic mass is 9.98. The van der Waals surface area contributed by atoms with Crippen LogP contribution in [0.4, 0.5) is 0 Å². The lowest BCUT2D eigenvalue weighted by Gasteiger charge is -2.30. The highest BCUT2D eigenvalue weighted by Crippen LogP contribution is 2.37. The molecule has 1 saturated carbocycles. The fraction of sp³-hybridized carbons (Fsp3) is 0.611. The summed E-state index contributed by atoms with van der Waals surface area (Å²) < 4.78 is 0. The van der Waals surface area contributed by atoms with Gasteiger partial charge < -0.3 is 10.6 Å². The molecule has 3 aliphatic rings. The molecule has 0 spiro atoms. The van der Waals surface area contributed by atoms with Crippen LogP contribution in [0.15, 0.2) is 24.3 Å². The zero-order valence-electron chi connectivity index (χ0n) is 13.1. The Morgan fingerprint density at radius 3 is 2.82 bits per heavy atom. The number of rotatable bonds is 2. The quantitative estimate of drug-likeness (QED) is 0.894. The third-order valence-corrected chi connectivity index (χ3v) is 5.83. The van der Waals surface area contributed by atoms with Gasteiger partial charge in [-0.2, -0.15) is 0 Å². The van der Waals surface area contributed by atoms with Crippen LogP contribution < -0.4 is 5.73 Å². The second-order valence-corrected chi connectivity index (χ2v) is 7.19. The first-order valence-corrected chi connectivity index (χ1v) is 8.53. The average molecular weight is 299 g/mol. The Hall–Kier alpha value is -1.39. The fourth-order valence-corrected chi connectivity index (χ4v) is 4.53. The second-order valence-electron chi connectivity index (χ2n) is 7.19. The SMILES string of the molecule is NC1CCC2CN(CC(=O)N3CCc4ccccc4C3)CC12. The minimum atomic E-state index is 0.281. The molecule has 4 nitrogen and oxygen atoms in total. The molecule has 1 saturated heterocycles.